The van der Waals surface area contributed by atoms with Gasteiger partial charge in [0.1, 0.15) is 24.4 Å². The Hall–Kier alpha value is -5.14. The minimum absolute atomic E-state index is 0.0272. The molecule has 0 bridgehead atoms. The van der Waals surface area contributed by atoms with E-state index < -0.39 is 89.5 Å². The van der Waals surface area contributed by atoms with E-state index in [0.717, 1.165) is 35.0 Å². The number of benzene rings is 2. The molecule has 2 heterocycles. The van der Waals surface area contributed by atoms with E-state index >= 15 is 0 Å². The molecule has 0 spiro atoms. The van der Waals surface area contributed by atoms with Gasteiger partial charge in [-0.15, -0.1) is 5.10 Å². The zero-order valence-electron chi connectivity index (χ0n) is 24.6. The molecule has 18 heteroatoms. The maximum atomic E-state index is 12.9. The molecular formula is C29H31N3O15. The van der Waals surface area contributed by atoms with Crippen LogP contribution >= 0.6 is 0 Å². The number of hydrogen-bond donors (Lipinski definition) is 7. The van der Waals surface area contributed by atoms with Crippen molar-refractivity contribution in [3.05, 3.63) is 64.5 Å². The van der Waals surface area contributed by atoms with Crippen LogP contribution in [0.5, 0.6) is 17.2 Å². The fourth-order valence-electron chi connectivity index (χ4n) is 4.47. The largest absolute Gasteiger partial charge is 0.504 e. The second-order valence-corrected chi connectivity index (χ2v) is 10.2. The Kier molecular flexibility index (Phi) is 11.1. The minimum atomic E-state index is -1.61. The van der Waals surface area contributed by atoms with Crippen molar-refractivity contribution in [2.24, 2.45) is 0 Å². The fraction of sp³-hybridized carbons (Fsp3) is 0.379. The van der Waals surface area contributed by atoms with Crippen LogP contribution in [-0.2, 0) is 25.4 Å². The van der Waals surface area contributed by atoms with Crippen LogP contribution in [0.25, 0.3) is 0 Å². The summed E-state index contributed by atoms with van der Waals surface area (Å²) in [7, 11) is 0. The predicted molar refractivity (Wildman–Crippen MR) is 151 cm³/mol. The van der Waals surface area contributed by atoms with E-state index in [1.807, 2.05) is 0 Å². The first-order chi connectivity index (χ1) is 22.3. The third kappa shape index (κ3) is 7.99. The number of nitrogens with zero attached hydrogens (tertiary/aromatic N) is 3. The Balaban J connectivity index is 1.40. The minimum Gasteiger partial charge on any atom is -0.504 e. The highest BCUT2D eigenvalue weighted by molar-refractivity contribution is 6.05. The molecule has 18 nitrogen and oxygen atoms in total. The number of phenols is 3. The fourth-order valence-corrected chi connectivity index (χ4v) is 4.47. The van der Waals surface area contributed by atoms with Gasteiger partial charge in [0.15, 0.2) is 23.5 Å². The summed E-state index contributed by atoms with van der Waals surface area (Å²) in [5, 5.41) is 76.1. The van der Waals surface area contributed by atoms with Gasteiger partial charge in [0, 0.05) is 0 Å². The second-order valence-electron chi connectivity index (χ2n) is 10.2. The van der Waals surface area contributed by atoms with Crippen molar-refractivity contribution in [3.8, 4) is 17.2 Å². The van der Waals surface area contributed by atoms with Gasteiger partial charge in [0.05, 0.1) is 54.0 Å². The highest BCUT2D eigenvalue weighted by Gasteiger charge is 2.44. The summed E-state index contributed by atoms with van der Waals surface area (Å²) in [4.78, 5) is 50.5. The molecule has 1 aromatic heterocycles. The Morgan fingerprint density at radius 3 is 1.94 bits per heavy atom. The zero-order chi connectivity index (χ0) is 34.4. The Bertz CT molecular complexity index is 1620. The molecule has 0 saturated carbocycles. The molecule has 252 valence electrons. The van der Waals surface area contributed by atoms with E-state index in [-0.39, 0.29) is 37.2 Å². The maximum absolute atomic E-state index is 12.9. The van der Waals surface area contributed by atoms with Crippen molar-refractivity contribution in [1.29, 1.82) is 0 Å². The highest BCUT2D eigenvalue weighted by Crippen LogP contribution is 2.35. The van der Waals surface area contributed by atoms with Gasteiger partial charge < -0.3 is 54.7 Å². The van der Waals surface area contributed by atoms with Crippen molar-refractivity contribution >= 4 is 23.9 Å². The van der Waals surface area contributed by atoms with Gasteiger partial charge in [-0.3, -0.25) is 0 Å². The van der Waals surface area contributed by atoms with E-state index in [1.54, 1.807) is 0 Å². The molecule has 3 aromatic rings. The van der Waals surface area contributed by atoms with Crippen LogP contribution in [0.3, 0.4) is 0 Å². The van der Waals surface area contributed by atoms with Gasteiger partial charge in [-0.2, -0.15) is 0 Å². The summed E-state index contributed by atoms with van der Waals surface area (Å²) >= 11 is 0. The number of rotatable bonds is 11. The lowest BCUT2D eigenvalue weighted by Gasteiger charge is -2.39. The molecule has 1 aliphatic rings. The molecular weight excluding hydrogens is 630 g/mol. The number of phenolic OH excluding ortho intramolecular Hbond substituents is 3. The first-order valence-corrected chi connectivity index (χ1v) is 14.1. The normalized spacial score (nSPS) is 20.7. The van der Waals surface area contributed by atoms with Crippen LogP contribution in [-0.4, -0.2) is 119 Å². The number of aromatic hydroxyl groups is 3. The number of carbonyl (C=O) groups is 4. The average Bonchev–Trinajstić information content (AvgIpc) is 3.52. The quantitative estimate of drug-likeness (QED) is 0.0441. The highest BCUT2D eigenvalue weighted by atomic mass is 16.6. The van der Waals surface area contributed by atoms with E-state index in [4.69, 9.17) is 18.9 Å². The van der Waals surface area contributed by atoms with E-state index in [1.165, 1.54) is 13.1 Å². The Morgan fingerprint density at radius 1 is 0.809 bits per heavy atom. The van der Waals surface area contributed by atoms with E-state index in [9.17, 15) is 54.9 Å². The SMILES string of the molecule is CCOC(=O)c1cc(C(=O)OCCCc2cn(C3OC(CO)C(O)C(O)C3O)nn2)cc(C(=O)OC(=O)c2cc(O)c(O)c(O)c2)c1. The lowest BCUT2D eigenvalue weighted by Crippen LogP contribution is -2.56. The van der Waals surface area contributed by atoms with Gasteiger partial charge >= 0.3 is 23.9 Å². The molecule has 2 aromatic carbocycles. The third-order valence-corrected chi connectivity index (χ3v) is 6.90. The van der Waals surface area contributed by atoms with E-state index in [2.05, 4.69) is 10.3 Å². The zero-order valence-corrected chi connectivity index (χ0v) is 24.6. The molecule has 1 aliphatic heterocycles. The first kappa shape index (κ1) is 34.7. The summed E-state index contributed by atoms with van der Waals surface area (Å²) in [6.45, 7) is 0.728. The van der Waals surface area contributed by atoms with Gasteiger partial charge in [0.2, 0.25) is 0 Å². The van der Waals surface area contributed by atoms with Gasteiger partial charge in [-0.1, -0.05) is 5.21 Å². The van der Waals surface area contributed by atoms with Crippen LogP contribution in [0.2, 0.25) is 0 Å². The number of ether oxygens (including phenoxy) is 4. The third-order valence-electron chi connectivity index (χ3n) is 6.90. The second kappa shape index (κ2) is 15.0. The van der Waals surface area contributed by atoms with Gasteiger partial charge in [-0.25, -0.2) is 23.9 Å². The van der Waals surface area contributed by atoms with Crippen LogP contribution in [0, 0.1) is 0 Å². The van der Waals surface area contributed by atoms with Crippen molar-refractivity contribution in [2.75, 3.05) is 19.8 Å². The standard InChI is InChI=1S/C29H31N3O15/c1-2-44-26(40)13-6-14(8-15(7-13)28(42)47-29(43)16-9-18(34)21(36)19(35)10-16)27(41)45-5-3-4-17-11-32(31-30-17)25-24(39)23(38)22(37)20(12-33)46-25/h6-11,20,22-25,33-39H,2-5,12H2,1H3. The summed E-state index contributed by atoms with van der Waals surface area (Å²) in [5.41, 5.74) is -1.01. The summed E-state index contributed by atoms with van der Waals surface area (Å²) in [6.07, 6.45) is -5.26. The lowest BCUT2D eigenvalue weighted by atomic mass is 9.98. The molecule has 5 atom stereocenters. The number of esters is 4. The molecule has 0 radical (unpaired) electrons. The maximum Gasteiger partial charge on any atom is 0.346 e. The van der Waals surface area contributed by atoms with Crippen molar-refractivity contribution in [1.82, 2.24) is 15.0 Å². The van der Waals surface area contributed by atoms with Crippen LogP contribution in [0.1, 0.15) is 66.7 Å². The molecule has 47 heavy (non-hydrogen) atoms. The molecule has 5 unspecified atom stereocenters. The van der Waals surface area contributed by atoms with Crippen molar-refractivity contribution < 1.29 is 73.9 Å². The molecule has 0 aliphatic carbocycles. The number of aryl methyl sites for hydroxylation is 1. The number of hydrogen-bond acceptors (Lipinski definition) is 17. The first-order valence-electron chi connectivity index (χ1n) is 14.1. The Morgan fingerprint density at radius 2 is 1.36 bits per heavy atom. The van der Waals surface area contributed by atoms with Gasteiger partial charge in [0.25, 0.3) is 0 Å². The van der Waals surface area contributed by atoms with E-state index in [0.29, 0.717) is 5.69 Å². The number of aromatic nitrogens is 3. The van der Waals surface area contributed by atoms with Crippen LogP contribution in [0.15, 0.2) is 36.5 Å². The molecule has 4 rings (SSSR count). The monoisotopic (exact) mass is 661 g/mol. The smallest absolute Gasteiger partial charge is 0.346 e. The van der Waals surface area contributed by atoms with Gasteiger partial charge in [-0.05, 0) is 50.1 Å². The van der Waals surface area contributed by atoms with Crippen LogP contribution in [0.4, 0.5) is 0 Å². The predicted octanol–water partition coefficient (Wildman–Crippen LogP) is -0.669. The molecule has 1 fully saturated rings. The summed E-state index contributed by atoms with van der Waals surface area (Å²) in [6, 6.07) is 4.64. The van der Waals surface area contributed by atoms with Crippen molar-refractivity contribution in [3.63, 3.8) is 0 Å². The number of aliphatic hydroxyl groups is 4. The number of carbonyl (C=O) groups excluding carboxylic acids is 4. The molecule has 1 saturated heterocycles. The van der Waals surface area contributed by atoms with Crippen LogP contribution < -0.4 is 0 Å². The summed E-state index contributed by atoms with van der Waals surface area (Å²) in [5.74, 6) is -7.06. The molecule has 0 amide bonds. The Labute approximate surface area is 264 Å². The van der Waals surface area contributed by atoms with Crippen molar-refractivity contribution in [2.45, 2.75) is 50.4 Å². The summed E-state index contributed by atoms with van der Waals surface area (Å²) < 4.78 is 21.5. The lowest BCUT2D eigenvalue weighted by molar-refractivity contribution is -0.254. The average molecular weight is 662 g/mol. The molecule has 7 N–H and O–H groups in total. The number of aliphatic hydroxyl groups excluding tert-OH is 4. The topological polar surface area (TPSA) is 278 Å².